The van der Waals surface area contributed by atoms with Crippen LogP contribution in [0.1, 0.15) is 104 Å². The van der Waals surface area contributed by atoms with Crippen molar-refractivity contribution in [2.45, 2.75) is 116 Å². The van der Waals surface area contributed by atoms with E-state index in [4.69, 9.17) is 9.05 Å². The lowest BCUT2D eigenvalue weighted by Gasteiger charge is -2.25. The molecule has 0 heterocycles. The van der Waals surface area contributed by atoms with E-state index in [0.29, 0.717) is 17.4 Å². The van der Waals surface area contributed by atoms with Crippen LogP contribution in [0, 0.1) is 0 Å². The molecule has 0 spiro atoms. The Morgan fingerprint density at radius 3 is 1.87 bits per heavy atom. The number of phosphoric acid groups is 1. The van der Waals surface area contributed by atoms with Gasteiger partial charge in [-0.15, -0.1) is 0 Å². The van der Waals surface area contributed by atoms with Crippen LogP contribution in [0.2, 0.25) is 0 Å². The van der Waals surface area contributed by atoms with Gasteiger partial charge in [0.1, 0.15) is 13.2 Å². The minimum Gasteiger partial charge on any atom is -0.387 e. The number of hydrogen-bond donors (Lipinski definition) is 3. The Hall–Kier alpha value is -2.06. The van der Waals surface area contributed by atoms with Gasteiger partial charge in [0.2, 0.25) is 5.91 Å². The van der Waals surface area contributed by atoms with Gasteiger partial charge in [0, 0.05) is 6.42 Å². The smallest absolute Gasteiger partial charge is 0.387 e. The number of carbonyl (C=O) groups excluding carboxylic acids is 1. The van der Waals surface area contributed by atoms with Crippen LogP contribution in [0.5, 0.6) is 0 Å². The van der Waals surface area contributed by atoms with E-state index in [9.17, 15) is 19.4 Å². The third kappa shape index (κ3) is 30.6. The quantitative estimate of drug-likeness (QED) is 0.0320. The molecule has 46 heavy (non-hydrogen) atoms. The number of carbonyl (C=O) groups is 1. The highest BCUT2D eigenvalue weighted by Gasteiger charge is 2.27. The first-order valence-electron chi connectivity index (χ1n) is 17.3. The Kier molecular flexibility index (Phi) is 27.8. The number of allylic oxidation sites excluding steroid dienone is 11. The van der Waals surface area contributed by atoms with Gasteiger partial charge in [-0.05, 0) is 64.2 Å². The molecule has 3 atom stereocenters. The fraction of sp³-hybridized carbons (Fsp3) is 0.649. The highest BCUT2D eigenvalue weighted by molar-refractivity contribution is 7.47. The summed E-state index contributed by atoms with van der Waals surface area (Å²) in [5, 5.41) is 13.5. The zero-order chi connectivity index (χ0) is 34.4. The second-order valence-corrected chi connectivity index (χ2v) is 14.0. The zero-order valence-electron chi connectivity index (χ0n) is 29.5. The lowest BCUT2D eigenvalue weighted by atomic mass is 10.1. The summed E-state index contributed by atoms with van der Waals surface area (Å²) >= 11 is 0. The molecule has 0 rings (SSSR count). The number of unbranched alkanes of at least 4 members (excludes halogenated alkanes) is 6. The SMILES string of the molecule is CC/C=C\C/C=C\C/C=C\C/C=C\C/C=C\CCCCCC(=O)NC(COP(=O)(O)OCC[N+](C)(C)C)C(O)/C=C/CCCCC. The van der Waals surface area contributed by atoms with E-state index in [1.165, 1.54) is 0 Å². The van der Waals surface area contributed by atoms with Crippen molar-refractivity contribution >= 4 is 13.7 Å². The van der Waals surface area contributed by atoms with Crippen LogP contribution in [-0.4, -0.2) is 73.4 Å². The van der Waals surface area contributed by atoms with Crippen molar-refractivity contribution < 1.29 is 32.9 Å². The molecule has 0 fully saturated rings. The summed E-state index contributed by atoms with van der Waals surface area (Å²) in [5.41, 5.74) is 0. The molecule has 0 aromatic heterocycles. The monoisotopic (exact) mass is 665 g/mol. The predicted molar refractivity (Wildman–Crippen MR) is 193 cm³/mol. The first-order chi connectivity index (χ1) is 22.0. The largest absolute Gasteiger partial charge is 0.472 e. The number of amides is 1. The molecule has 264 valence electrons. The van der Waals surface area contributed by atoms with Crippen LogP contribution in [0.3, 0.4) is 0 Å². The van der Waals surface area contributed by atoms with Gasteiger partial charge >= 0.3 is 7.82 Å². The highest BCUT2D eigenvalue weighted by atomic mass is 31.2. The predicted octanol–water partition coefficient (Wildman–Crippen LogP) is 8.51. The van der Waals surface area contributed by atoms with Crippen molar-refractivity contribution in [3.8, 4) is 0 Å². The minimum atomic E-state index is -4.33. The third-order valence-corrected chi connectivity index (χ3v) is 7.92. The second-order valence-electron chi connectivity index (χ2n) is 12.5. The van der Waals surface area contributed by atoms with Crippen molar-refractivity contribution in [1.29, 1.82) is 0 Å². The Morgan fingerprint density at radius 1 is 0.761 bits per heavy atom. The maximum Gasteiger partial charge on any atom is 0.472 e. The number of phosphoric ester groups is 1. The molecule has 9 heteroatoms. The Balaban J connectivity index is 4.43. The number of rotatable bonds is 29. The Bertz CT molecular complexity index is 981. The van der Waals surface area contributed by atoms with Gasteiger partial charge in [-0.3, -0.25) is 13.8 Å². The van der Waals surface area contributed by atoms with E-state index in [2.05, 4.69) is 79.9 Å². The van der Waals surface area contributed by atoms with Gasteiger partial charge < -0.3 is 19.8 Å². The van der Waals surface area contributed by atoms with E-state index in [-0.39, 0.29) is 19.1 Å². The number of aliphatic hydroxyl groups is 1. The molecule has 0 aliphatic heterocycles. The minimum absolute atomic E-state index is 0.0494. The number of likely N-dealkylation sites (N-methyl/N-ethyl adjacent to an activating group) is 1. The maximum absolute atomic E-state index is 12.7. The Labute approximate surface area is 281 Å². The summed E-state index contributed by atoms with van der Waals surface area (Å²) in [5.74, 6) is -0.222. The molecule has 0 aliphatic rings. The molecular weight excluding hydrogens is 599 g/mol. The fourth-order valence-corrected chi connectivity index (χ4v) is 4.86. The van der Waals surface area contributed by atoms with Crippen LogP contribution in [-0.2, 0) is 18.4 Å². The zero-order valence-corrected chi connectivity index (χ0v) is 30.4. The van der Waals surface area contributed by atoms with Crippen molar-refractivity contribution in [1.82, 2.24) is 5.32 Å². The van der Waals surface area contributed by atoms with E-state index in [1.54, 1.807) is 6.08 Å². The normalized spacial score (nSPS) is 15.7. The van der Waals surface area contributed by atoms with Crippen LogP contribution in [0.25, 0.3) is 0 Å². The molecule has 0 bridgehead atoms. The number of aliphatic hydroxyl groups excluding tert-OH is 1. The van der Waals surface area contributed by atoms with E-state index >= 15 is 0 Å². The number of hydrogen-bond acceptors (Lipinski definition) is 5. The van der Waals surface area contributed by atoms with Crippen LogP contribution >= 0.6 is 7.82 Å². The van der Waals surface area contributed by atoms with Gasteiger partial charge in [0.05, 0.1) is 39.9 Å². The summed E-state index contributed by atoms with van der Waals surface area (Å²) in [6.45, 7) is 4.51. The Morgan fingerprint density at radius 2 is 1.30 bits per heavy atom. The number of quaternary nitrogens is 1. The lowest BCUT2D eigenvalue weighted by molar-refractivity contribution is -0.870. The first-order valence-corrected chi connectivity index (χ1v) is 18.8. The third-order valence-electron chi connectivity index (χ3n) is 6.93. The molecule has 0 saturated carbocycles. The maximum atomic E-state index is 12.7. The molecule has 3 N–H and O–H groups in total. The van der Waals surface area contributed by atoms with Gasteiger partial charge in [-0.2, -0.15) is 0 Å². The highest BCUT2D eigenvalue weighted by Crippen LogP contribution is 2.43. The molecule has 0 saturated heterocycles. The molecule has 8 nitrogen and oxygen atoms in total. The summed E-state index contributed by atoms with van der Waals surface area (Å²) in [6.07, 6.45) is 37.2. The first kappa shape index (κ1) is 43.9. The van der Waals surface area contributed by atoms with E-state index in [0.717, 1.165) is 83.5 Å². The molecular formula is C37H66N2O6P+. The second kappa shape index (κ2) is 29.1. The summed E-state index contributed by atoms with van der Waals surface area (Å²) < 4.78 is 23.2. The molecule has 3 unspecified atom stereocenters. The molecule has 0 aromatic carbocycles. The van der Waals surface area contributed by atoms with Gasteiger partial charge in [0.25, 0.3) is 0 Å². The van der Waals surface area contributed by atoms with Crippen LogP contribution in [0.4, 0.5) is 0 Å². The number of nitrogens with one attached hydrogen (secondary N) is 1. The molecule has 0 radical (unpaired) electrons. The van der Waals surface area contributed by atoms with Gasteiger partial charge in [-0.1, -0.05) is 106 Å². The van der Waals surface area contributed by atoms with Crippen molar-refractivity contribution in [2.24, 2.45) is 0 Å². The summed E-state index contributed by atoms with van der Waals surface area (Å²) in [7, 11) is 1.52. The van der Waals surface area contributed by atoms with Crippen molar-refractivity contribution in [3.05, 3.63) is 72.9 Å². The van der Waals surface area contributed by atoms with E-state index in [1.807, 2.05) is 27.2 Å². The summed E-state index contributed by atoms with van der Waals surface area (Å²) in [4.78, 5) is 22.8. The average Bonchev–Trinajstić information content (AvgIpc) is 2.99. The van der Waals surface area contributed by atoms with Crippen LogP contribution < -0.4 is 5.32 Å². The standard InChI is InChI=1S/C37H65N2O6P/c1-6-8-10-12-13-14-15-16-17-18-19-20-21-22-23-24-25-27-29-31-37(41)38-35(36(40)30-28-26-11-9-7-2)34-45-46(42,43)44-33-32-39(3,4)5/h8,10,13-14,16-17,19-20,22-23,28,30,35-36,40H,6-7,9,11-12,15,18,21,24-27,29,31-34H2,1-5H3,(H-,38,41,42,43)/p+1/b10-8-,14-13-,17-16-,20-19-,23-22-,30-28+. The van der Waals surface area contributed by atoms with Gasteiger partial charge in [-0.25, -0.2) is 4.57 Å². The summed E-state index contributed by atoms with van der Waals surface area (Å²) in [6, 6.07) is -0.862. The topological polar surface area (TPSA) is 105 Å². The average molecular weight is 666 g/mol. The number of nitrogens with zero attached hydrogens (tertiary/aromatic N) is 1. The fourth-order valence-electron chi connectivity index (χ4n) is 4.12. The van der Waals surface area contributed by atoms with Crippen molar-refractivity contribution in [2.75, 3.05) is 40.9 Å². The molecule has 1 amide bonds. The van der Waals surface area contributed by atoms with Gasteiger partial charge in [0.15, 0.2) is 0 Å². The molecule has 0 aliphatic carbocycles. The van der Waals surface area contributed by atoms with E-state index < -0.39 is 20.0 Å². The van der Waals surface area contributed by atoms with Crippen LogP contribution in [0.15, 0.2) is 72.9 Å². The lowest BCUT2D eigenvalue weighted by Crippen LogP contribution is -2.45. The molecule has 0 aromatic rings. The van der Waals surface area contributed by atoms with Crippen molar-refractivity contribution in [3.63, 3.8) is 0 Å².